The van der Waals surface area contributed by atoms with Crippen molar-refractivity contribution in [2.24, 2.45) is 11.8 Å². The molecule has 0 saturated heterocycles. The average molecular weight is 304 g/mol. The van der Waals surface area contributed by atoms with Gasteiger partial charge < -0.3 is 15.7 Å². The van der Waals surface area contributed by atoms with Gasteiger partial charge in [-0.25, -0.2) is 0 Å². The monoisotopic (exact) mass is 304 g/mol. The highest BCUT2D eigenvalue weighted by molar-refractivity contribution is 5.92. The Morgan fingerprint density at radius 3 is 2.36 bits per heavy atom. The molecule has 1 aliphatic rings. The fourth-order valence-corrected chi connectivity index (χ4v) is 2.69. The topological polar surface area (TPSA) is 78.4 Å². The molecule has 1 amide bonds. The summed E-state index contributed by atoms with van der Waals surface area (Å²) in [7, 11) is 0. The van der Waals surface area contributed by atoms with Crippen molar-refractivity contribution < 1.29 is 14.7 Å². The molecule has 0 bridgehead atoms. The molecule has 5 heteroatoms. The number of hydrogen-bond acceptors (Lipinski definition) is 3. The Morgan fingerprint density at radius 1 is 1.14 bits per heavy atom. The number of carboxylic acids is 1. The molecule has 0 aliphatic heterocycles. The van der Waals surface area contributed by atoms with Crippen molar-refractivity contribution in [3.8, 4) is 0 Å². The van der Waals surface area contributed by atoms with Crippen LogP contribution < -0.4 is 10.6 Å². The zero-order valence-electron chi connectivity index (χ0n) is 13.1. The van der Waals surface area contributed by atoms with Gasteiger partial charge in [0.25, 0.3) is 0 Å². The predicted octanol–water partition coefficient (Wildman–Crippen LogP) is 3.34. The first-order chi connectivity index (χ1) is 10.5. The summed E-state index contributed by atoms with van der Waals surface area (Å²) >= 11 is 0. The summed E-state index contributed by atoms with van der Waals surface area (Å²) in [5.74, 6) is -0.936. The maximum atomic E-state index is 11.7. The van der Waals surface area contributed by atoms with Gasteiger partial charge in [0.1, 0.15) is 0 Å². The Kier molecular flexibility index (Phi) is 5.41. The van der Waals surface area contributed by atoms with E-state index >= 15 is 0 Å². The molecule has 1 saturated carbocycles. The third kappa shape index (κ3) is 4.48. The largest absolute Gasteiger partial charge is 0.481 e. The van der Waals surface area contributed by atoms with Gasteiger partial charge in [-0.2, -0.15) is 0 Å². The first-order valence-electron chi connectivity index (χ1n) is 7.86. The van der Waals surface area contributed by atoms with Gasteiger partial charge in [0, 0.05) is 23.3 Å². The SMILES string of the molecule is CC(C)C(=O)Nc1cccc(NC2CCC(C(=O)O)CC2)c1. The van der Waals surface area contributed by atoms with E-state index in [4.69, 9.17) is 5.11 Å². The van der Waals surface area contributed by atoms with Crippen LogP contribution in [0, 0.1) is 11.8 Å². The molecule has 0 atom stereocenters. The molecule has 1 aromatic rings. The van der Waals surface area contributed by atoms with E-state index in [2.05, 4.69) is 10.6 Å². The number of aliphatic carboxylic acids is 1. The number of carbonyl (C=O) groups excluding carboxylic acids is 1. The van der Waals surface area contributed by atoms with Gasteiger partial charge >= 0.3 is 5.97 Å². The maximum Gasteiger partial charge on any atom is 0.306 e. The lowest BCUT2D eigenvalue weighted by molar-refractivity contribution is -0.142. The Bertz CT molecular complexity index is 534. The normalized spacial score (nSPS) is 21.4. The summed E-state index contributed by atoms with van der Waals surface area (Å²) in [6.07, 6.45) is 3.16. The maximum absolute atomic E-state index is 11.7. The van der Waals surface area contributed by atoms with E-state index < -0.39 is 5.97 Å². The van der Waals surface area contributed by atoms with Gasteiger partial charge in [0.15, 0.2) is 0 Å². The Morgan fingerprint density at radius 2 is 1.77 bits per heavy atom. The van der Waals surface area contributed by atoms with Crippen molar-refractivity contribution in [2.75, 3.05) is 10.6 Å². The van der Waals surface area contributed by atoms with E-state index in [0.717, 1.165) is 37.1 Å². The molecule has 1 fully saturated rings. The standard InChI is InChI=1S/C17H24N2O3/c1-11(2)16(20)19-15-5-3-4-14(10-15)18-13-8-6-12(7-9-13)17(21)22/h3-5,10-13,18H,6-9H2,1-2H3,(H,19,20)(H,21,22). The second-order valence-electron chi connectivity index (χ2n) is 6.26. The van der Waals surface area contributed by atoms with Crippen LogP contribution in [-0.2, 0) is 9.59 Å². The predicted molar refractivity (Wildman–Crippen MR) is 86.9 cm³/mol. The summed E-state index contributed by atoms with van der Waals surface area (Å²) < 4.78 is 0. The van der Waals surface area contributed by atoms with E-state index in [1.54, 1.807) is 0 Å². The van der Waals surface area contributed by atoms with Crippen LogP contribution in [0.1, 0.15) is 39.5 Å². The van der Waals surface area contributed by atoms with Gasteiger partial charge in [-0.3, -0.25) is 9.59 Å². The van der Waals surface area contributed by atoms with Gasteiger partial charge in [0.05, 0.1) is 5.92 Å². The lowest BCUT2D eigenvalue weighted by atomic mass is 9.86. The molecule has 0 unspecified atom stereocenters. The van der Waals surface area contributed by atoms with Crippen LogP contribution in [0.2, 0.25) is 0 Å². The number of amides is 1. The third-order valence-corrected chi connectivity index (χ3v) is 4.10. The summed E-state index contributed by atoms with van der Waals surface area (Å²) in [5, 5.41) is 15.3. The zero-order chi connectivity index (χ0) is 16.1. The Balaban J connectivity index is 1.91. The van der Waals surface area contributed by atoms with E-state index in [1.165, 1.54) is 0 Å². The van der Waals surface area contributed by atoms with E-state index in [1.807, 2.05) is 38.1 Å². The number of anilines is 2. The fraction of sp³-hybridized carbons (Fsp3) is 0.529. The minimum absolute atomic E-state index is 0.000818. The smallest absolute Gasteiger partial charge is 0.306 e. The molecule has 120 valence electrons. The van der Waals surface area contributed by atoms with Crippen LogP contribution in [0.25, 0.3) is 0 Å². The van der Waals surface area contributed by atoms with Gasteiger partial charge in [-0.15, -0.1) is 0 Å². The molecule has 1 aliphatic carbocycles. The summed E-state index contributed by atoms with van der Waals surface area (Å²) in [6.45, 7) is 3.72. The first kappa shape index (κ1) is 16.3. The summed E-state index contributed by atoms with van der Waals surface area (Å²) in [5.41, 5.74) is 1.74. The average Bonchev–Trinajstić information content (AvgIpc) is 2.48. The molecule has 22 heavy (non-hydrogen) atoms. The minimum atomic E-state index is -0.683. The van der Waals surface area contributed by atoms with Crippen LogP contribution in [0.3, 0.4) is 0 Å². The van der Waals surface area contributed by atoms with Crippen molar-refractivity contribution in [1.82, 2.24) is 0 Å². The second-order valence-corrected chi connectivity index (χ2v) is 6.26. The quantitative estimate of drug-likeness (QED) is 0.779. The van der Waals surface area contributed by atoms with Crippen molar-refractivity contribution in [3.63, 3.8) is 0 Å². The molecule has 2 rings (SSSR count). The number of nitrogens with one attached hydrogen (secondary N) is 2. The lowest BCUT2D eigenvalue weighted by Gasteiger charge is -2.27. The van der Waals surface area contributed by atoms with Gasteiger partial charge in [-0.1, -0.05) is 19.9 Å². The van der Waals surface area contributed by atoms with Crippen LogP contribution in [0.4, 0.5) is 11.4 Å². The van der Waals surface area contributed by atoms with E-state index in [-0.39, 0.29) is 17.7 Å². The minimum Gasteiger partial charge on any atom is -0.481 e. The van der Waals surface area contributed by atoms with Crippen LogP contribution in [0.15, 0.2) is 24.3 Å². The molecule has 0 heterocycles. The summed E-state index contributed by atoms with van der Waals surface area (Å²) in [4.78, 5) is 22.7. The van der Waals surface area contributed by atoms with Crippen LogP contribution in [-0.4, -0.2) is 23.0 Å². The number of hydrogen-bond donors (Lipinski definition) is 3. The van der Waals surface area contributed by atoms with E-state index in [0.29, 0.717) is 6.04 Å². The van der Waals surface area contributed by atoms with Crippen molar-refractivity contribution in [1.29, 1.82) is 0 Å². The Hall–Kier alpha value is -2.04. The third-order valence-electron chi connectivity index (χ3n) is 4.10. The lowest BCUT2D eigenvalue weighted by Crippen LogP contribution is -2.29. The zero-order valence-corrected chi connectivity index (χ0v) is 13.1. The Labute approximate surface area is 131 Å². The molecular formula is C17H24N2O3. The molecule has 0 radical (unpaired) electrons. The van der Waals surface area contributed by atoms with Crippen LogP contribution in [0.5, 0.6) is 0 Å². The van der Waals surface area contributed by atoms with Crippen molar-refractivity contribution in [2.45, 2.75) is 45.6 Å². The van der Waals surface area contributed by atoms with E-state index in [9.17, 15) is 9.59 Å². The first-order valence-corrected chi connectivity index (χ1v) is 7.86. The van der Waals surface area contributed by atoms with Gasteiger partial charge in [0.2, 0.25) is 5.91 Å². The molecule has 0 aromatic heterocycles. The van der Waals surface area contributed by atoms with Crippen LogP contribution >= 0.6 is 0 Å². The highest BCUT2D eigenvalue weighted by Crippen LogP contribution is 2.27. The highest BCUT2D eigenvalue weighted by Gasteiger charge is 2.25. The highest BCUT2D eigenvalue weighted by atomic mass is 16.4. The number of carboxylic acid groups (broad SMARTS) is 1. The molecule has 0 spiro atoms. The van der Waals surface area contributed by atoms with Crippen molar-refractivity contribution in [3.05, 3.63) is 24.3 Å². The molecule has 3 N–H and O–H groups in total. The second kappa shape index (κ2) is 7.29. The summed E-state index contributed by atoms with van der Waals surface area (Å²) in [6, 6.07) is 7.96. The number of carbonyl (C=O) groups is 2. The number of rotatable bonds is 5. The molecule has 1 aromatic carbocycles. The van der Waals surface area contributed by atoms with Gasteiger partial charge in [-0.05, 0) is 43.9 Å². The number of benzene rings is 1. The fourth-order valence-electron chi connectivity index (χ4n) is 2.69. The molecule has 5 nitrogen and oxygen atoms in total. The van der Waals surface area contributed by atoms with Crippen molar-refractivity contribution >= 4 is 23.3 Å². The molecular weight excluding hydrogens is 280 g/mol.